The van der Waals surface area contributed by atoms with Crippen molar-refractivity contribution in [3.8, 4) is 0 Å². The minimum absolute atomic E-state index is 0.0249. The van der Waals surface area contributed by atoms with E-state index in [1.165, 1.54) is 4.90 Å². The van der Waals surface area contributed by atoms with E-state index in [0.717, 1.165) is 10.8 Å². The first-order valence-corrected chi connectivity index (χ1v) is 8.87. The molecule has 7 heteroatoms. The molecule has 0 aromatic heterocycles. The van der Waals surface area contributed by atoms with Crippen molar-refractivity contribution in [2.24, 2.45) is 0 Å². The SMILES string of the molecule is C[C@@H]1CN(C(=O)CCNC(=O)c2ccc3ccccc3c2)CC(C(=O)O)O1. The zero-order valence-corrected chi connectivity index (χ0v) is 15.1. The molecule has 0 saturated carbocycles. The van der Waals surface area contributed by atoms with Crippen molar-refractivity contribution in [3.05, 3.63) is 48.0 Å². The zero-order valence-electron chi connectivity index (χ0n) is 15.1. The molecule has 1 aliphatic heterocycles. The highest BCUT2D eigenvalue weighted by Gasteiger charge is 2.32. The number of nitrogens with one attached hydrogen (secondary N) is 1. The van der Waals surface area contributed by atoms with E-state index in [0.29, 0.717) is 12.1 Å². The third-order valence-corrected chi connectivity index (χ3v) is 4.52. The van der Waals surface area contributed by atoms with E-state index < -0.39 is 12.1 Å². The molecule has 27 heavy (non-hydrogen) atoms. The van der Waals surface area contributed by atoms with E-state index in [1.807, 2.05) is 36.4 Å². The number of benzene rings is 2. The Bertz CT molecular complexity index is 866. The van der Waals surface area contributed by atoms with Gasteiger partial charge in [0.25, 0.3) is 5.91 Å². The average Bonchev–Trinajstić information content (AvgIpc) is 2.66. The summed E-state index contributed by atoms with van der Waals surface area (Å²) in [6.45, 7) is 2.29. The lowest BCUT2D eigenvalue weighted by Gasteiger charge is -2.35. The van der Waals surface area contributed by atoms with Crippen LogP contribution in [0.25, 0.3) is 10.8 Å². The molecule has 0 bridgehead atoms. The predicted octanol–water partition coefficient (Wildman–Crippen LogP) is 1.66. The Hall–Kier alpha value is -2.93. The van der Waals surface area contributed by atoms with Crippen LogP contribution in [0.15, 0.2) is 42.5 Å². The summed E-state index contributed by atoms with van der Waals surface area (Å²) >= 11 is 0. The molecular weight excluding hydrogens is 348 g/mol. The molecule has 2 aromatic rings. The number of carboxylic acid groups (broad SMARTS) is 1. The lowest BCUT2D eigenvalue weighted by Crippen LogP contribution is -2.52. The molecule has 2 amide bonds. The largest absolute Gasteiger partial charge is 0.479 e. The second kappa shape index (κ2) is 8.18. The number of amides is 2. The quantitative estimate of drug-likeness (QED) is 0.835. The smallest absolute Gasteiger partial charge is 0.334 e. The number of aliphatic carboxylic acids is 1. The minimum Gasteiger partial charge on any atom is -0.479 e. The number of morpholine rings is 1. The molecule has 7 nitrogen and oxygen atoms in total. The number of ether oxygens (including phenoxy) is 1. The minimum atomic E-state index is -1.08. The second-order valence-electron chi connectivity index (χ2n) is 6.64. The number of nitrogens with zero attached hydrogens (tertiary/aromatic N) is 1. The fraction of sp³-hybridized carbons (Fsp3) is 0.350. The maximum absolute atomic E-state index is 12.3. The van der Waals surface area contributed by atoms with Crippen LogP contribution >= 0.6 is 0 Å². The van der Waals surface area contributed by atoms with Gasteiger partial charge in [-0.05, 0) is 29.8 Å². The van der Waals surface area contributed by atoms with Crippen LogP contribution in [-0.4, -0.2) is 59.6 Å². The Morgan fingerprint density at radius 1 is 1.15 bits per heavy atom. The molecule has 1 fully saturated rings. The number of carbonyl (C=O) groups excluding carboxylic acids is 2. The summed E-state index contributed by atoms with van der Waals surface area (Å²) in [4.78, 5) is 37.2. The zero-order chi connectivity index (χ0) is 19.4. The van der Waals surface area contributed by atoms with Crippen molar-refractivity contribution in [3.63, 3.8) is 0 Å². The number of fused-ring (bicyclic) bond motifs is 1. The highest BCUT2D eigenvalue weighted by molar-refractivity contribution is 5.98. The van der Waals surface area contributed by atoms with E-state index in [9.17, 15) is 14.4 Å². The maximum Gasteiger partial charge on any atom is 0.334 e. The van der Waals surface area contributed by atoms with Gasteiger partial charge in [-0.3, -0.25) is 9.59 Å². The van der Waals surface area contributed by atoms with Gasteiger partial charge in [0.05, 0.1) is 12.6 Å². The molecule has 1 unspecified atom stereocenters. The van der Waals surface area contributed by atoms with E-state index in [1.54, 1.807) is 13.0 Å². The van der Waals surface area contributed by atoms with E-state index in [2.05, 4.69) is 5.32 Å². The summed E-state index contributed by atoms with van der Waals surface area (Å²) in [5.74, 6) is -1.52. The lowest BCUT2D eigenvalue weighted by atomic mass is 10.1. The summed E-state index contributed by atoms with van der Waals surface area (Å²) in [5.41, 5.74) is 0.534. The topological polar surface area (TPSA) is 95.9 Å². The van der Waals surface area contributed by atoms with Crippen LogP contribution in [0.4, 0.5) is 0 Å². The normalized spacial score (nSPS) is 19.7. The molecule has 142 valence electrons. The van der Waals surface area contributed by atoms with Gasteiger partial charge in [0.1, 0.15) is 0 Å². The first-order valence-electron chi connectivity index (χ1n) is 8.87. The van der Waals surface area contributed by atoms with Crippen molar-refractivity contribution < 1.29 is 24.2 Å². The van der Waals surface area contributed by atoms with Crippen LogP contribution in [-0.2, 0) is 14.3 Å². The van der Waals surface area contributed by atoms with Crippen molar-refractivity contribution in [1.82, 2.24) is 10.2 Å². The molecule has 1 saturated heterocycles. The molecule has 2 N–H and O–H groups in total. The Morgan fingerprint density at radius 2 is 1.89 bits per heavy atom. The van der Waals surface area contributed by atoms with Crippen LogP contribution in [0.1, 0.15) is 23.7 Å². The first kappa shape index (κ1) is 18.8. The molecule has 0 aliphatic carbocycles. The fourth-order valence-electron chi connectivity index (χ4n) is 3.17. The van der Waals surface area contributed by atoms with Gasteiger partial charge in [0.15, 0.2) is 6.10 Å². The van der Waals surface area contributed by atoms with Gasteiger partial charge in [0.2, 0.25) is 5.91 Å². The molecule has 2 atom stereocenters. The Balaban J connectivity index is 1.53. The molecule has 0 radical (unpaired) electrons. The van der Waals surface area contributed by atoms with Gasteiger partial charge in [-0.25, -0.2) is 4.79 Å². The van der Waals surface area contributed by atoms with Crippen LogP contribution in [0.2, 0.25) is 0 Å². The first-order chi connectivity index (χ1) is 12.9. The van der Waals surface area contributed by atoms with Crippen molar-refractivity contribution in [1.29, 1.82) is 0 Å². The fourth-order valence-corrected chi connectivity index (χ4v) is 3.17. The number of carbonyl (C=O) groups is 3. The molecule has 1 heterocycles. The van der Waals surface area contributed by atoms with Gasteiger partial charge < -0.3 is 20.1 Å². The summed E-state index contributed by atoms with van der Waals surface area (Å²) in [6.07, 6.45) is -1.24. The Morgan fingerprint density at radius 3 is 2.63 bits per heavy atom. The number of hydrogen-bond donors (Lipinski definition) is 2. The number of hydrogen-bond acceptors (Lipinski definition) is 4. The summed E-state index contributed by atoms with van der Waals surface area (Å²) < 4.78 is 5.30. The second-order valence-corrected chi connectivity index (χ2v) is 6.64. The van der Waals surface area contributed by atoms with Gasteiger partial charge in [-0.15, -0.1) is 0 Å². The van der Waals surface area contributed by atoms with Gasteiger partial charge >= 0.3 is 5.97 Å². The van der Waals surface area contributed by atoms with Crippen LogP contribution < -0.4 is 5.32 Å². The molecule has 3 rings (SSSR count). The number of rotatable bonds is 5. The summed E-state index contributed by atoms with van der Waals surface area (Å²) in [6, 6.07) is 13.2. The molecule has 0 spiro atoms. The van der Waals surface area contributed by atoms with Gasteiger partial charge in [-0.2, -0.15) is 0 Å². The maximum atomic E-state index is 12.3. The third-order valence-electron chi connectivity index (χ3n) is 4.52. The average molecular weight is 370 g/mol. The lowest BCUT2D eigenvalue weighted by molar-refractivity contribution is -0.166. The Kier molecular flexibility index (Phi) is 5.71. The predicted molar refractivity (Wildman–Crippen MR) is 99.4 cm³/mol. The van der Waals surface area contributed by atoms with Crippen LogP contribution in [0, 0.1) is 0 Å². The van der Waals surface area contributed by atoms with E-state index in [4.69, 9.17) is 9.84 Å². The Labute approximate surface area is 156 Å². The standard InChI is InChI=1S/C20H22N2O5/c1-13-11-22(12-17(27-13)20(25)26)18(23)8-9-21-19(24)16-7-6-14-4-2-3-5-15(14)10-16/h2-7,10,13,17H,8-9,11-12H2,1H3,(H,21,24)(H,25,26)/t13-,17?/m1/s1. The van der Waals surface area contributed by atoms with Crippen LogP contribution in [0.3, 0.4) is 0 Å². The van der Waals surface area contributed by atoms with Gasteiger partial charge in [-0.1, -0.05) is 30.3 Å². The molecular formula is C20H22N2O5. The molecule has 1 aliphatic rings. The third kappa shape index (κ3) is 4.62. The van der Waals surface area contributed by atoms with Crippen molar-refractivity contribution >= 4 is 28.6 Å². The number of carboxylic acids is 1. The highest BCUT2D eigenvalue weighted by atomic mass is 16.5. The summed E-state index contributed by atoms with van der Waals surface area (Å²) in [7, 11) is 0. The van der Waals surface area contributed by atoms with E-state index >= 15 is 0 Å². The van der Waals surface area contributed by atoms with Crippen molar-refractivity contribution in [2.45, 2.75) is 25.6 Å². The monoisotopic (exact) mass is 370 g/mol. The highest BCUT2D eigenvalue weighted by Crippen LogP contribution is 2.16. The van der Waals surface area contributed by atoms with Gasteiger partial charge in [0, 0.05) is 25.1 Å². The summed E-state index contributed by atoms with van der Waals surface area (Å²) in [5, 5.41) is 13.9. The molecule has 2 aromatic carbocycles. The van der Waals surface area contributed by atoms with E-state index in [-0.39, 0.29) is 37.4 Å². The van der Waals surface area contributed by atoms with Crippen LogP contribution in [0.5, 0.6) is 0 Å². The van der Waals surface area contributed by atoms with Crippen molar-refractivity contribution in [2.75, 3.05) is 19.6 Å².